The first-order valence-electron chi connectivity index (χ1n) is 6.79. The van der Waals surface area contributed by atoms with Crippen molar-refractivity contribution in [3.63, 3.8) is 0 Å². The minimum absolute atomic E-state index is 0.343. The summed E-state index contributed by atoms with van der Waals surface area (Å²) in [6.07, 6.45) is 10.7. The van der Waals surface area contributed by atoms with Crippen molar-refractivity contribution >= 4 is 5.69 Å². The molecule has 0 saturated carbocycles. The smallest absolute Gasteiger partial charge is 0.0771 e. The van der Waals surface area contributed by atoms with Crippen molar-refractivity contribution in [1.29, 1.82) is 0 Å². The molecule has 2 rings (SSSR count). The first kappa shape index (κ1) is 13.1. The molecule has 4 nitrogen and oxygen atoms in total. The quantitative estimate of drug-likeness (QED) is 0.755. The van der Waals surface area contributed by atoms with Crippen LogP contribution in [-0.4, -0.2) is 28.5 Å². The van der Waals surface area contributed by atoms with Gasteiger partial charge in [0.1, 0.15) is 0 Å². The molecule has 1 saturated heterocycles. The molecule has 0 aromatic carbocycles. The predicted octanol–water partition coefficient (Wildman–Crippen LogP) is 2.83. The highest BCUT2D eigenvalue weighted by atomic mass is 16.5. The summed E-state index contributed by atoms with van der Waals surface area (Å²) in [5.41, 5.74) is 1.09. The molecule has 18 heavy (non-hydrogen) atoms. The van der Waals surface area contributed by atoms with E-state index in [9.17, 15) is 0 Å². The van der Waals surface area contributed by atoms with Gasteiger partial charge >= 0.3 is 0 Å². The summed E-state index contributed by atoms with van der Waals surface area (Å²) in [7, 11) is 0. The molecule has 0 bridgehead atoms. The van der Waals surface area contributed by atoms with Crippen LogP contribution in [0.5, 0.6) is 0 Å². The van der Waals surface area contributed by atoms with Crippen molar-refractivity contribution in [2.75, 3.05) is 11.9 Å². The molecule has 0 spiro atoms. The Balaban J connectivity index is 1.79. The average molecular weight is 249 g/mol. The van der Waals surface area contributed by atoms with Crippen LogP contribution in [0.15, 0.2) is 25.0 Å². The van der Waals surface area contributed by atoms with E-state index < -0.39 is 0 Å². The van der Waals surface area contributed by atoms with Crippen molar-refractivity contribution in [2.24, 2.45) is 0 Å². The van der Waals surface area contributed by atoms with Gasteiger partial charge in [0.25, 0.3) is 0 Å². The maximum Gasteiger partial charge on any atom is 0.0771 e. The monoisotopic (exact) mass is 249 g/mol. The van der Waals surface area contributed by atoms with Gasteiger partial charge in [-0.3, -0.25) is 4.68 Å². The Morgan fingerprint density at radius 1 is 1.72 bits per heavy atom. The molecule has 1 aromatic heterocycles. The molecule has 0 aliphatic carbocycles. The van der Waals surface area contributed by atoms with Gasteiger partial charge in [0.05, 0.1) is 24.5 Å². The molecule has 2 atom stereocenters. The first-order valence-corrected chi connectivity index (χ1v) is 6.79. The molecule has 1 aliphatic rings. The Morgan fingerprint density at radius 2 is 2.61 bits per heavy atom. The Kier molecular flexibility index (Phi) is 4.81. The lowest BCUT2D eigenvalue weighted by Crippen LogP contribution is -2.16. The number of rotatable bonds is 7. The third-order valence-corrected chi connectivity index (χ3v) is 3.26. The minimum atomic E-state index is 0.343. The fourth-order valence-corrected chi connectivity index (χ4v) is 2.26. The Hall–Kier alpha value is -1.29. The van der Waals surface area contributed by atoms with Gasteiger partial charge < -0.3 is 10.1 Å². The van der Waals surface area contributed by atoms with E-state index in [-0.39, 0.29) is 0 Å². The highest BCUT2D eigenvalue weighted by molar-refractivity contribution is 5.39. The normalized spacial score (nSPS) is 20.8. The number of aromatic nitrogens is 2. The Labute approximate surface area is 109 Å². The summed E-state index contributed by atoms with van der Waals surface area (Å²) >= 11 is 0. The molecule has 2 unspecified atom stereocenters. The second-order valence-electron chi connectivity index (χ2n) is 5.00. The van der Waals surface area contributed by atoms with Crippen LogP contribution in [0.3, 0.4) is 0 Å². The molecule has 100 valence electrons. The third kappa shape index (κ3) is 3.88. The van der Waals surface area contributed by atoms with E-state index in [1.165, 1.54) is 6.42 Å². The fraction of sp³-hybridized carbons (Fsp3) is 0.643. The molecular formula is C14H23N3O. The standard InChI is InChI=1S/C14H23N3O/c1-3-4-6-12(2)16-13-9-15-17(10-13)11-14-7-5-8-18-14/h3,9-10,12,14,16H,1,4-8,11H2,2H3. The number of allylic oxidation sites excluding steroid dienone is 1. The molecule has 1 fully saturated rings. The van der Waals surface area contributed by atoms with Crippen molar-refractivity contribution < 1.29 is 4.74 Å². The molecule has 1 aliphatic heterocycles. The fourth-order valence-electron chi connectivity index (χ4n) is 2.26. The van der Waals surface area contributed by atoms with Gasteiger partial charge in [0.15, 0.2) is 0 Å². The second-order valence-corrected chi connectivity index (χ2v) is 5.00. The summed E-state index contributed by atoms with van der Waals surface area (Å²) in [5.74, 6) is 0. The summed E-state index contributed by atoms with van der Waals surface area (Å²) in [5, 5.41) is 7.82. The average Bonchev–Trinajstić information content (AvgIpc) is 2.99. The third-order valence-electron chi connectivity index (χ3n) is 3.26. The van der Waals surface area contributed by atoms with E-state index in [4.69, 9.17) is 4.74 Å². The van der Waals surface area contributed by atoms with E-state index >= 15 is 0 Å². The number of nitrogens with one attached hydrogen (secondary N) is 1. The van der Waals surface area contributed by atoms with E-state index in [0.29, 0.717) is 12.1 Å². The second kappa shape index (κ2) is 6.59. The zero-order valence-electron chi connectivity index (χ0n) is 11.1. The van der Waals surface area contributed by atoms with Crippen molar-refractivity contribution in [3.05, 3.63) is 25.0 Å². The summed E-state index contributed by atoms with van der Waals surface area (Å²) < 4.78 is 7.58. The van der Waals surface area contributed by atoms with Crippen LogP contribution < -0.4 is 5.32 Å². The van der Waals surface area contributed by atoms with E-state index in [1.807, 2.05) is 17.0 Å². The Morgan fingerprint density at radius 3 is 3.33 bits per heavy atom. The number of anilines is 1. The van der Waals surface area contributed by atoms with E-state index in [1.54, 1.807) is 0 Å². The maximum absolute atomic E-state index is 5.61. The van der Waals surface area contributed by atoms with Crippen molar-refractivity contribution in [2.45, 2.75) is 51.3 Å². The Bertz CT molecular complexity index is 369. The number of hydrogen-bond acceptors (Lipinski definition) is 3. The summed E-state index contributed by atoms with van der Waals surface area (Å²) in [6, 6.07) is 0.448. The molecule has 4 heteroatoms. The van der Waals surface area contributed by atoms with Crippen LogP contribution in [0, 0.1) is 0 Å². The van der Waals surface area contributed by atoms with Crippen LogP contribution in [0.25, 0.3) is 0 Å². The van der Waals surface area contributed by atoms with Crippen LogP contribution in [0.1, 0.15) is 32.6 Å². The largest absolute Gasteiger partial charge is 0.380 e. The van der Waals surface area contributed by atoms with Crippen molar-refractivity contribution in [3.8, 4) is 0 Å². The SMILES string of the molecule is C=CCCC(C)Nc1cnn(CC2CCCO2)c1. The summed E-state index contributed by atoms with van der Waals surface area (Å²) in [4.78, 5) is 0. The number of nitrogens with zero attached hydrogens (tertiary/aromatic N) is 2. The highest BCUT2D eigenvalue weighted by Gasteiger charge is 2.16. The van der Waals surface area contributed by atoms with Gasteiger partial charge in [0, 0.05) is 18.8 Å². The molecule has 2 heterocycles. The zero-order chi connectivity index (χ0) is 12.8. The van der Waals surface area contributed by atoms with Gasteiger partial charge in [-0.15, -0.1) is 6.58 Å². The topological polar surface area (TPSA) is 39.1 Å². The minimum Gasteiger partial charge on any atom is -0.380 e. The van der Waals surface area contributed by atoms with Crippen LogP contribution in [0.2, 0.25) is 0 Å². The van der Waals surface area contributed by atoms with Gasteiger partial charge in [-0.1, -0.05) is 6.08 Å². The van der Waals surface area contributed by atoms with E-state index in [2.05, 4.69) is 30.1 Å². The van der Waals surface area contributed by atoms with Gasteiger partial charge in [-0.05, 0) is 32.6 Å². The molecule has 0 amide bonds. The lowest BCUT2D eigenvalue weighted by Gasteiger charge is -2.12. The van der Waals surface area contributed by atoms with Gasteiger partial charge in [-0.2, -0.15) is 5.10 Å². The van der Waals surface area contributed by atoms with Crippen LogP contribution in [0.4, 0.5) is 5.69 Å². The first-order chi connectivity index (χ1) is 8.78. The zero-order valence-corrected chi connectivity index (χ0v) is 11.1. The highest BCUT2D eigenvalue weighted by Crippen LogP contribution is 2.15. The summed E-state index contributed by atoms with van der Waals surface area (Å²) in [6.45, 7) is 7.69. The molecule has 1 N–H and O–H groups in total. The van der Waals surface area contributed by atoms with E-state index in [0.717, 1.165) is 38.1 Å². The molecular weight excluding hydrogens is 226 g/mol. The predicted molar refractivity (Wildman–Crippen MR) is 73.7 cm³/mol. The molecule has 0 radical (unpaired) electrons. The maximum atomic E-state index is 5.61. The van der Waals surface area contributed by atoms with Crippen LogP contribution >= 0.6 is 0 Å². The van der Waals surface area contributed by atoms with Crippen LogP contribution in [-0.2, 0) is 11.3 Å². The van der Waals surface area contributed by atoms with Gasteiger partial charge in [-0.25, -0.2) is 0 Å². The molecule has 1 aromatic rings. The van der Waals surface area contributed by atoms with Crippen molar-refractivity contribution in [1.82, 2.24) is 9.78 Å². The lowest BCUT2D eigenvalue weighted by atomic mass is 10.2. The number of ether oxygens (including phenoxy) is 1. The number of hydrogen-bond donors (Lipinski definition) is 1. The lowest BCUT2D eigenvalue weighted by molar-refractivity contribution is 0.0940. The van der Waals surface area contributed by atoms with Gasteiger partial charge in [0.2, 0.25) is 0 Å².